The number of hydrogen-bond donors (Lipinski definition) is 0. The third kappa shape index (κ3) is 6.25. The van der Waals surface area contributed by atoms with Crippen LogP contribution < -0.4 is 24.8 Å². The standard InChI is InChI=1S/C17H25Si.2ClH.Hf/c1-5-10-17(11-6-7-12-17)16-9-8-15(13-16)14-18(2,3)4;;;/h6-9,11-13H,5,10,14H2,1-4H3;2*1H;/q-1;;;/p-2. The second-order valence-corrected chi connectivity index (χ2v) is 12.2. The minimum absolute atomic E-state index is 0. The minimum atomic E-state index is -1.00. The first-order valence-corrected chi connectivity index (χ1v) is 10.8. The van der Waals surface area contributed by atoms with Crippen LogP contribution in [0, 0.1) is 0 Å². The van der Waals surface area contributed by atoms with Gasteiger partial charge in [-0.05, 0) is 11.8 Å². The van der Waals surface area contributed by atoms with Crippen molar-refractivity contribution in [2.45, 2.75) is 50.9 Å². The van der Waals surface area contributed by atoms with Crippen LogP contribution in [0.15, 0.2) is 42.5 Å². The Labute approximate surface area is 162 Å². The summed E-state index contributed by atoms with van der Waals surface area (Å²) in [4.78, 5) is 0. The van der Waals surface area contributed by atoms with E-state index in [4.69, 9.17) is 0 Å². The monoisotopic (exact) mass is 507 g/mol. The molecule has 0 saturated carbocycles. The zero-order chi connectivity index (χ0) is 13.2. The van der Waals surface area contributed by atoms with E-state index >= 15 is 0 Å². The molecule has 0 bridgehead atoms. The van der Waals surface area contributed by atoms with Gasteiger partial charge >= 0.3 is 0 Å². The fourth-order valence-electron chi connectivity index (χ4n) is 2.93. The van der Waals surface area contributed by atoms with E-state index in [1.54, 1.807) is 0 Å². The molecule has 4 heteroatoms. The predicted molar refractivity (Wildman–Crippen MR) is 84.0 cm³/mol. The van der Waals surface area contributed by atoms with Gasteiger partial charge in [0.1, 0.15) is 0 Å². The molecule has 0 radical (unpaired) electrons. The van der Waals surface area contributed by atoms with Crippen molar-refractivity contribution in [1.82, 2.24) is 0 Å². The van der Waals surface area contributed by atoms with E-state index in [1.165, 1.54) is 30.0 Å². The largest absolute Gasteiger partial charge is 1.00 e. The first kappa shape index (κ1) is 23.8. The number of rotatable bonds is 5. The van der Waals surface area contributed by atoms with Crippen molar-refractivity contribution >= 4 is 8.07 Å². The molecule has 118 valence electrons. The van der Waals surface area contributed by atoms with Crippen LogP contribution in [0.25, 0.3) is 0 Å². The molecule has 0 aromatic heterocycles. The van der Waals surface area contributed by atoms with Crippen LogP contribution in [-0.4, -0.2) is 8.07 Å². The number of allylic oxidation sites excluding steroid dienone is 4. The molecule has 1 aromatic carbocycles. The van der Waals surface area contributed by atoms with Gasteiger partial charge < -0.3 is 24.8 Å². The molecule has 0 N–H and O–H groups in total. The Morgan fingerprint density at radius 3 is 2.14 bits per heavy atom. The molecule has 0 atom stereocenters. The van der Waals surface area contributed by atoms with Crippen LogP contribution in [-0.2, 0) is 37.3 Å². The van der Waals surface area contributed by atoms with Crippen LogP contribution in [0.1, 0.15) is 30.9 Å². The van der Waals surface area contributed by atoms with Crippen molar-refractivity contribution in [3.8, 4) is 0 Å². The summed E-state index contributed by atoms with van der Waals surface area (Å²) in [5, 5.41) is 0. The fraction of sp³-hybridized carbons (Fsp3) is 0.471. The molecular weight excluding hydrogens is 482 g/mol. The summed E-state index contributed by atoms with van der Waals surface area (Å²) in [5.74, 6) is 0. The molecule has 0 aliphatic heterocycles. The van der Waals surface area contributed by atoms with Crippen LogP contribution in [0.4, 0.5) is 0 Å². The minimum Gasteiger partial charge on any atom is -1.00 e. The van der Waals surface area contributed by atoms with Gasteiger partial charge in [-0.2, -0.15) is 23.3 Å². The van der Waals surface area contributed by atoms with E-state index < -0.39 is 8.07 Å². The van der Waals surface area contributed by atoms with Crippen molar-refractivity contribution in [1.29, 1.82) is 0 Å². The maximum atomic E-state index is 2.44. The third-order valence-electron chi connectivity index (χ3n) is 3.65. The van der Waals surface area contributed by atoms with E-state index in [-0.39, 0.29) is 56.1 Å². The van der Waals surface area contributed by atoms with Crippen molar-refractivity contribution in [2.24, 2.45) is 0 Å². The summed E-state index contributed by atoms with van der Waals surface area (Å²) in [6, 6.07) is 8.41. The zero-order valence-electron chi connectivity index (χ0n) is 13.4. The Kier molecular flexibility index (Phi) is 10.9. The van der Waals surface area contributed by atoms with Crippen LogP contribution in [0.2, 0.25) is 19.6 Å². The predicted octanol–water partition coefficient (Wildman–Crippen LogP) is -1.01. The van der Waals surface area contributed by atoms with Gasteiger partial charge in [0.15, 0.2) is 0 Å². The molecule has 1 aromatic rings. The Morgan fingerprint density at radius 1 is 1.10 bits per heavy atom. The second kappa shape index (κ2) is 9.59. The molecule has 0 fully saturated rings. The number of hydrogen-bond acceptors (Lipinski definition) is 0. The van der Waals surface area contributed by atoms with Gasteiger partial charge in [-0.1, -0.05) is 63.3 Å². The molecule has 0 heterocycles. The van der Waals surface area contributed by atoms with Gasteiger partial charge in [0, 0.05) is 33.9 Å². The normalized spacial score (nSPS) is 15.0. The summed E-state index contributed by atoms with van der Waals surface area (Å²) in [6.07, 6.45) is 11.6. The average Bonchev–Trinajstić information content (AvgIpc) is 2.85. The van der Waals surface area contributed by atoms with Gasteiger partial charge in [0.05, 0.1) is 0 Å². The van der Waals surface area contributed by atoms with E-state index in [9.17, 15) is 0 Å². The molecule has 0 nitrogen and oxygen atoms in total. The second-order valence-electron chi connectivity index (χ2n) is 6.75. The summed E-state index contributed by atoms with van der Waals surface area (Å²) >= 11 is 0. The Morgan fingerprint density at radius 2 is 1.67 bits per heavy atom. The quantitative estimate of drug-likeness (QED) is 0.355. The van der Waals surface area contributed by atoms with Gasteiger partial charge in [-0.25, -0.2) is 6.07 Å². The van der Waals surface area contributed by atoms with Gasteiger partial charge in [0.2, 0.25) is 0 Å². The van der Waals surface area contributed by atoms with Crippen LogP contribution >= 0.6 is 0 Å². The van der Waals surface area contributed by atoms with E-state index in [2.05, 4.69) is 69.1 Å². The van der Waals surface area contributed by atoms with E-state index in [1.807, 2.05) is 0 Å². The molecule has 1 aliphatic carbocycles. The summed E-state index contributed by atoms with van der Waals surface area (Å²) < 4.78 is 0. The van der Waals surface area contributed by atoms with Crippen molar-refractivity contribution in [2.75, 3.05) is 0 Å². The van der Waals surface area contributed by atoms with Gasteiger partial charge in [-0.15, -0.1) is 0 Å². The SMILES string of the molecule is CCCC1(c2cc[c-](C[Si](C)(C)C)c2)C=CC=C1.[Cl-].[Cl-].[Hf]. The van der Waals surface area contributed by atoms with Gasteiger partial charge in [-0.3, -0.25) is 0 Å². The summed E-state index contributed by atoms with van der Waals surface area (Å²) in [5.41, 5.74) is 3.21. The van der Waals surface area contributed by atoms with E-state index in [0.717, 1.165) is 0 Å². The maximum Gasteiger partial charge on any atom is 0.0371 e. The molecule has 0 unspecified atom stereocenters. The zero-order valence-corrected chi connectivity index (χ0v) is 19.5. The van der Waals surface area contributed by atoms with Crippen LogP contribution in [0.5, 0.6) is 0 Å². The molecule has 0 amide bonds. The molecule has 0 saturated heterocycles. The van der Waals surface area contributed by atoms with Gasteiger partial charge in [0.25, 0.3) is 0 Å². The molecule has 21 heavy (non-hydrogen) atoms. The fourth-order valence-corrected chi connectivity index (χ4v) is 4.38. The van der Waals surface area contributed by atoms with Crippen molar-refractivity contribution in [3.63, 3.8) is 0 Å². The van der Waals surface area contributed by atoms with Crippen molar-refractivity contribution < 1.29 is 50.7 Å². The maximum absolute atomic E-state index is 2.44. The molecular formula is C17H25Cl2HfSi-3. The topological polar surface area (TPSA) is 0 Å². The number of halogens is 2. The Balaban J connectivity index is 0. The first-order valence-electron chi connectivity index (χ1n) is 7.08. The van der Waals surface area contributed by atoms with E-state index in [0.29, 0.717) is 0 Å². The average molecular weight is 507 g/mol. The van der Waals surface area contributed by atoms with Crippen LogP contribution in [0.3, 0.4) is 0 Å². The van der Waals surface area contributed by atoms with Crippen molar-refractivity contribution in [3.05, 3.63) is 53.6 Å². The first-order chi connectivity index (χ1) is 8.45. The summed E-state index contributed by atoms with van der Waals surface area (Å²) in [7, 11) is -1.00. The summed E-state index contributed by atoms with van der Waals surface area (Å²) in [6.45, 7) is 9.60. The molecule has 0 spiro atoms. The molecule has 2 rings (SSSR count). The molecule has 1 aliphatic rings. The Hall–Kier alpha value is 0.497. The third-order valence-corrected chi connectivity index (χ3v) is 5.12. The Bertz CT molecular complexity index is 457. The smallest absolute Gasteiger partial charge is 0.0371 e.